The molecule has 0 fully saturated rings. The number of unbranched alkanes of at least 4 members (excludes halogenated alkanes) is 20. The van der Waals surface area contributed by atoms with Crippen molar-refractivity contribution in [2.75, 3.05) is 26.4 Å². The Bertz CT molecular complexity index is 3970. The number of nitrogens with zero attached hydrogens (tertiary/aromatic N) is 3. The number of rotatable bonds is 38. The first-order valence-electron chi connectivity index (χ1n) is 36.2. The summed E-state index contributed by atoms with van der Waals surface area (Å²) < 4.78 is 26.7. The van der Waals surface area contributed by atoms with Gasteiger partial charge in [-0.25, -0.2) is 9.97 Å². The maximum atomic E-state index is 6.67. The van der Waals surface area contributed by atoms with Crippen LogP contribution in [-0.4, -0.2) is 51.3 Å². The van der Waals surface area contributed by atoms with Crippen molar-refractivity contribution in [3.63, 3.8) is 0 Å². The summed E-state index contributed by atoms with van der Waals surface area (Å²) in [5.41, 5.74) is 23.1. The molecule has 2 N–H and O–H groups in total. The molecule has 4 aromatic carbocycles. The van der Waals surface area contributed by atoms with Crippen molar-refractivity contribution < 1.29 is 18.9 Å². The van der Waals surface area contributed by atoms with Gasteiger partial charge >= 0.3 is 0 Å². The maximum Gasteiger partial charge on any atom is 0.123 e. The number of allylic oxidation sites excluding steroid dienone is 3. The number of pyridine rings is 1. The largest absolute Gasteiger partial charge is 0.493 e. The van der Waals surface area contributed by atoms with E-state index in [1.54, 1.807) is 0 Å². The molecule has 0 saturated heterocycles. The molecule has 1 aliphatic carbocycles. The molecular formula is C86H99N5O4. The summed E-state index contributed by atoms with van der Waals surface area (Å²) in [5, 5.41) is 0. The first-order valence-corrected chi connectivity index (χ1v) is 36.2. The Balaban J connectivity index is 1.04. The van der Waals surface area contributed by atoms with Crippen LogP contribution in [0.5, 0.6) is 23.0 Å². The van der Waals surface area contributed by atoms with E-state index >= 15 is 0 Å². The summed E-state index contributed by atoms with van der Waals surface area (Å²) in [4.78, 5) is 23.3. The van der Waals surface area contributed by atoms with Gasteiger partial charge in [0.05, 0.1) is 49.2 Å². The summed E-state index contributed by atoms with van der Waals surface area (Å²) in [6, 6.07) is 45.3. The van der Waals surface area contributed by atoms with Crippen LogP contribution in [0.2, 0.25) is 0 Å². The lowest BCUT2D eigenvalue weighted by Gasteiger charge is -2.14. The lowest BCUT2D eigenvalue weighted by molar-refractivity contribution is 0.289. The third kappa shape index (κ3) is 18.9. The van der Waals surface area contributed by atoms with E-state index in [2.05, 4.69) is 206 Å². The van der Waals surface area contributed by atoms with Gasteiger partial charge in [-0.1, -0.05) is 211 Å². The van der Waals surface area contributed by atoms with E-state index in [0.717, 1.165) is 186 Å². The van der Waals surface area contributed by atoms with E-state index < -0.39 is 0 Å². The summed E-state index contributed by atoms with van der Waals surface area (Å²) in [6.07, 6.45) is 45.3. The van der Waals surface area contributed by atoms with Crippen LogP contribution in [0.4, 0.5) is 0 Å². The molecule has 3 aliphatic rings. The van der Waals surface area contributed by atoms with Crippen molar-refractivity contribution >= 4 is 57.5 Å². The molecule has 492 valence electrons. The predicted octanol–water partition coefficient (Wildman–Crippen LogP) is 24.3. The van der Waals surface area contributed by atoms with Crippen molar-refractivity contribution in [2.45, 2.75) is 182 Å². The second-order valence-electron chi connectivity index (χ2n) is 25.9. The summed E-state index contributed by atoms with van der Waals surface area (Å²) >= 11 is 0. The van der Waals surface area contributed by atoms with Crippen molar-refractivity contribution in [1.82, 2.24) is 24.9 Å². The average Bonchev–Trinajstić information content (AvgIpc) is 1.67. The van der Waals surface area contributed by atoms with Gasteiger partial charge in [0, 0.05) is 74.4 Å². The Morgan fingerprint density at radius 1 is 0.326 bits per heavy atom. The van der Waals surface area contributed by atoms with Gasteiger partial charge in [0.25, 0.3) is 0 Å². The molecule has 95 heavy (non-hydrogen) atoms. The van der Waals surface area contributed by atoms with Crippen LogP contribution in [0, 0.1) is 0 Å². The zero-order valence-electron chi connectivity index (χ0n) is 57.0. The van der Waals surface area contributed by atoms with Crippen LogP contribution in [0.3, 0.4) is 0 Å². The molecule has 8 aromatic rings. The lowest BCUT2D eigenvalue weighted by Crippen LogP contribution is -2.01. The Morgan fingerprint density at radius 3 is 1.17 bits per heavy atom. The molecule has 0 spiro atoms. The van der Waals surface area contributed by atoms with Gasteiger partial charge in [-0.3, -0.25) is 4.98 Å². The Hall–Kier alpha value is -8.91. The first-order chi connectivity index (χ1) is 46.9. The highest BCUT2D eigenvalue weighted by atomic mass is 16.5. The van der Waals surface area contributed by atoms with E-state index in [9.17, 15) is 0 Å². The van der Waals surface area contributed by atoms with Gasteiger partial charge < -0.3 is 28.9 Å². The van der Waals surface area contributed by atoms with Crippen LogP contribution < -0.4 is 18.9 Å². The molecule has 6 heterocycles. The van der Waals surface area contributed by atoms with Gasteiger partial charge in [0.2, 0.25) is 0 Å². The number of benzene rings is 4. The second kappa shape index (κ2) is 35.6. The van der Waals surface area contributed by atoms with Gasteiger partial charge in [-0.2, -0.15) is 0 Å². The Labute approximate surface area is 565 Å². The Morgan fingerprint density at radius 2 is 0.716 bits per heavy atom. The molecule has 2 aliphatic heterocycles. The molecule has 4 aromatic heterocycles. The second-order valence-corrected chi connectivity index (χ2v) is 25.9. The molecule has 9 heteroatoms. The highest BCUT2D eigenvalue weighted by Crippen LogP contribution is 2.41. The van der Waals surface area contributed by atoms with Crippen LogP contribution in [0.25, 0.3) is 102 Å². The molecular weight excluding hydrogens is 1170 g/mol. The lowest BCUT2D eigenvalue weighted by atomic mass is 10.00. The SMILES string of the molecule is CCCCCCCCOc1cc(OCCCCCCCC)cc(-c2c3nc(c(-c4ccc(C5=C=C(c6ccc(-c7cccnc7)cc6)C=C5)cc4)c4ccc([nH]4)c(-c4cc(OCCCCCCCC)cc(OCCCCCCCC)c4)c4nc(cc5ccc2[nH]5)C=C4)C=C3)c1. The fraction of sp³-hybridized carbons (Fsp3) is 0.372. The first kappa shape index (κ1) is 67.5. The fourth-order valence-corrected chi connectivity index (χ4v) is 13.0. The normalized spacial score (nSPS) is 12.4. The van der Waals surface area contributed by atoms with Crippen LogP contribution in [0.1, 0.15) is 216 Å². The average molecular weight is 1270 g/mol. The van der Waals surface area contributed by atoms with E-state index in [1.165, 1.54) is 103 Å². The molecule has 11 rings (SSSR count). The maximum absolute atomic E-state index is 6.67. The van der Waals surface area contributed by atoms with Crippen LogP contribution in [0.15, 0.2) is 158 Å². The van der Waals surface area contributed by atoms with Crippen molar-refractivity contribution in [1.29, 1.82) is 0 Å². The Kier molecular flexibility index (Phi) is 25.3. The number of aromatic amines is 2. The summed E-state index contributed by atoms with van der Waals surface area (Å²) in [6.45, 7) is 11.6. The smallest absolute Gasteiger partial charge is 0.123 e. The molecule has 0 amide bonds. The number of H-pyrrole nitrogens is 2. The highest BCUT2D eigenvalue weighted by molar-refractivity contribution is 5.99. The zero-order chi connectivity index (χ0) is 65.2. The molecule has 0 atom stereocenters. The molecule has 8 bridgehead atoms. The number of hydrogen-bond acceptors (Lipinski definition) is 7. The van der Waals surface area contributed by atoms with Gasteiger partial charge in [-0.05, 0) is 162 Å². The third-order valence-corrected chi connectivity index (χ3v) is 18.3. The van der Waals surface area contributed by atoms with Crippen molar-refractivity contribution in [3.8, 4) is 67.5 Å². The minimum Gasteiger partial charge on any atom is -0.493 e. The van der Waals surface area contributed by atoms with E-state index in [-0.39, 0.29) is 0 Å². The van der Waals surface area contributed by atoms with E-state index in [1.807, 2.05) is 18.5 Å². The monoisotopic (exact) mass is 1270 g/mol. The molecule has 0 saturated carbocycles. The fourth-order valence-electron chi connectivity index (χ4n) is 13.0. The number of hydrogen-bond donors (Lipinski definition) is 2. The topological polar surface area (TPSA) is 107 Å². The minimum atomic E-state index is 0.643. The minimum absolute atomic E-state index is 0.643. The summed E-state index contributed by atoms with van der Waals surface area (Å²) in [5.74, 6) is 3.18. The molecule has 0 radical (unpaired) electrons. The predicted molar refractivity (Wildman–Crippen MR) is 400 cm³/mol. The van der Waals surface area contributed by atoms with E-state index in [0.29, 0.717) is 26.4 Å². The summed E-state index contributed by atoms with van der Waals surface area (Å²) in [7, 11) is 0. The number of aromatic nitrogens is 5. The van der Waals surface area contributed by atoms with Gasteiger partial charge in [0.15, 0.2) is 0 Å². The number of nitrogens with one attached hydrogen (secondary N) is 2. The van der Waals surface area contributed by atoms with Crippen LogP contribution >= 0.6 is 0 Å². The zero-order valence-corrected chi connectivity index (χ0v) is 57.0. The highest BCUT2D eigenvalue weighted by Gasteiger charge is 2.20. The number of fused-ring (bicyclic) bond motifs is 8. The van der Waals surface area contributed by atoms with Crippen LogP contribution in [-0.2, 0) is 0 Å². The third-order valence-electron chi connectivity index (χ3n) is 18.3. The standard InChI is InChI=1S/C86H99N5O4/c1-5-9-13-17-21-25-50-92-74-55-70(56-75(60-74)93-51-26-22-18-14-10-6-2)85-78-43-41-72(88-78)59-73-42-44-79(89-73)86(71-57-76(94-52-27-23-19-15-11-7-3)61-77(58-71)95-53-28-24-20-16-12-8-4)83-48-46-81(91-83)84(80-45-47-82(85)90-80)66-37-35-64(36-38-66)68-40-39-67(54-68)63-31-33-65(34-32-63)69-30-29-49-87-62-69/h29-49,55-62,88,91H,5-28,50-53H2,1-4H3. The van der Waals surface area contributed by atoms with Crippen molar-refractivity contribution in [3.05, 3.63) is 192 Å². The van der Waals surface area contributed by atoms with Crippen molar-refractivity contribution in [2.24, 2.45) is 0 Å². The van der Waals surface area contributed by atoms with Gasteiger partial charge in [-0.15, -0.1) is 5.73 Å². The van der Waals surface area contributed by atoms with Gasteiger partial charge in [0.1, 0.15) is 23.0 Å². The number of ether oxygens (including phenoxy) is 4. The quantitative estimate of drug-likeness (QED) is 0.0293. The molecule has 9 nitrogen and oxygen atoms in total. The van der Waals surface area contributed by atoms with E-state index in [4.69, 9.17) is 28.9 Å². The molecule has 0 unspecified atom stereocenters.